The van der Waals surface area contributed by atoms with Crippen LogP contribution in [0.5, 0.6) is 0 Å². The molecule has 0 N–H and O–H groups in total. The molecule has 0 saturated carbocycles. The van der Waals surface area contributed by atoms with Crippen LogP contribution < -0.4 is 5.56 Å². The molecule has 0 bridgehead atoms. The number of carbonyl (C=O) groups is 1. The van der Waals surface area contributed by atoms with Gasteiger partial charge in [0.15, 0.2) is 10.9 Å². The highest BCUT2D eigenvalue weighted by Gasteiger charge is 2.20. The Labute approximate surface area is 161 Å². The third-order valence-corrected chi connectivity index (χ3v) is 5.64. The molecule has 5 nitrogen and oxygen atoms in total. The predicted molar refractivity (Wildman–Crippen MR) is 106 cm³/mol. The lowest BCUT2D eigenvalue weighted by Gasteiger charge is -2.16. The first-order valence-corrected chi connectivity index (χ1v) is 10.0. The van der Waals surface area contributed by atoms with Crippen molar-refractivity contribution in [3.05, 3.63) is 70.5 Å². The molecule has 4 rings (SSSR count). The summed E-state index contributed by atoms with van der Waals surface area (Å²) in [6.45, 7) is 1.20. The number of rotatable bonds is 6. The molecule has 1 aliphatic rings. The number of hydrogen-bond donors (Lipinski definition) is 0. The van der Waals surface area contributed by atoms with Crippen LogP contribution in [-0.2, 0) is 11.3 Å². The minimum atomic E-state index is -0.0780. The summed E-state index contributed by atoms with van der Waals surface area (Å²) in [6.07, 6.45) is 1.97. The van der Waals surface area contributed by atoms with Gasteiger partial charge in [0.2, 0.25) is 0 Å². The number of ether oxygens (including phenoxy) is 1. The maximum atomic E-state index is 13.0. The van der Waals surface area contributed by atoms with Crippen LogP contribution >= 0.6 is 11.8 Å². The maximum Gasteiger partial charge on any atom is 0.262 e. The van der Waals surface area contributed by atoms with Gasteiger partial charge in [-0.15, -0.1) is 0 Å². The predicted octanol–water partition coefficient (Wildman–Crippen LogP) is 3.55. The summed E-state index contributed by atoms with van der Waals surface area (Å²) in [5.74, 6) is 0.256. The molecular weight excluding hydrogens is 360 g/mol. The SMILES string of the molecule is O=C(CSc1nc2ccccc2c(=O)n1CC1CCCO1)c1ccccc1. The van der Waals surface area contributed by atoms with Gasteiger partial charge in [0, 0.05) is 12.2 Å². The molecule has 1 aromatic heterocycles. The Bertz CT molecular complexity index is 1010. The summed E-state index contributed by atoms with van der Waals surface area (Å²) in [4.78, 5) is 30.1. The number of Topliss-reactive ketones (excluding diaryl/α,β-unsaturated/α-hetero) is 1. The van der Waals surface area contributed by atoms with Crippen LogP contribution in [0.25, 0.3) is 10.9 Å². The molecule has 0 radical (unpaired) electrons. The van der Waals surface area contributed by atoms with Crippen molar-refractivity contribution in [1.82, 2.24) is 9.55 Å². The van der Waals surface area contributed by atoms with Gasteiger partial charge in [0.25, 0.3) is 5.56 Å². The number of hydrogen-bond acceptors (Lipinski definition) is 5. The van der Waals surface area contributed by atoms with Crippen molar-refractivity contribution in [2.75, 3.05) is 12.4 Å². The third kappa shape index (κ3) is 3.96. The zero-order chi connectivity index (χ0) is 18.6. The van der Waals surface area contributed by atoms with Gasteiger partial charge in [0.05, 0.1) is 29.3 Å². The van der Waals surface area contributed by atoms with E-state index in [1.807, 2.05) is 36.4 Å². The maximum absolute atomic E-state index is 13.0. The molecule has 0 amide bonds. The number of carbonyl (C=O) groups excluding carboxylic acids is 1. The lowest BCUT2D eigenvalue weighted by molar-refractivity contribution is 0.0937. The number of ketones is 1. The van der Waals surface area contributed by atoms with Crippen molar-refractivity contribution >= 4 is 28.4 Å². The Kier molecular flexibility index (Phi) is 5.36. The van der Waals surface area contributed by atoms with Crippen molar-refractivity contribution in [1.29, 1.82) is 0 Å². The molecule has 3 aromatic rings. The van der Waals surface area contributed by atoms with Gasteiger partial charge in [-0.3, -0.25) is 14.2 Å². The summed E-state index contributed by atoms with van der Waals surface area (Å²) < 4.78 is 7.38. The first-order chi connectivity index (χ1) is 13.2. The van der Waals surface area contributed by atoms with Crippen molar-refractivity contribution in [3.63, 3.8) is 0 Å². The highest BCUT2D eigenvalue weighted by Crippen LogP contribution is 2.22. The van der Waals surface area contributed by atoms with Crippen LogP contribution in [0.15, 0.2) is 64.5 Å². The molecule has 1 unspecified atom stereocenters. The number of benzene rings is 2. The largest absolute Gasteiger partial charge is 0.376 e. The van der Waals surface area contributed by atoms with Gasteiger partial charge in [-0.2, -0.15) is 0 Å². The summed E-state index contributed by atoms with van der Waals surface area (Å²) >= 11 is 1.31. The highest BCUT2D eigenvalue weighted by atomic mass is 32.2. The molecule has 1 fully saturated rings. The molecule has 0 aliphatic carbocycles. The van der Waals surface area contributed by atoms with E-state index in [1.165, 1.54) is 11.8 Å². The molecule has 2 heterocycles. The van der Waals surface area contributed by atoms with Gasteiger partial charge in [0.1, 0.15) is 0 Å². The quantitative estimate of drug-likeness (QED) is 0.372. The Hall–Kier alpha value is -2.44. The van der Waals surface area contributed by atoms with Crippen LogP contribution in [0.4, 0.5) is 0 Å². The van der Waals surface area contributed by atoms with E-state index in [9.17, 15) is 9.59 Å². The summed E-state index contributed by atoms with van der Waals surface area (Å²) in [7, 11) is 0. The lowest BCUT2D eigenvalue weighted by atomic mass is 10.2. The normalized spacial score (nSPS) is 16.7. The topological polar surface area (TPSA) is 61.2 Å². The van der Waals surface area contributed by atoms with Gasteiger partial charge in [-0.05, 0) is 25.0 Å². The van der Waals surface area contributed by atoms with Gasteiger partial charge in [-0.1, -0.05) is 54.2 Å². The first kappa shape index (κ1) is 17.9. The van der Waals surface area contributed by atoms with Crippen LogP contribution in [-0.4, -0.2) is 33.8 Å². The number of para-hydroxylation sites is 1. The van der Waals surface area contributed by atoms with E-state index < -0.39 is 0 Å². The minimum Gasteiger partial charge on any atom is -0.376 e. The van der Waals surface area contributed by atoms with E-state index >= 15 is 0 Å². The average Bonchev–Trinajstić information content (AvgIpc) is 3.22. The van der Waals surface area contributed by atoms with E-state index in [0.717, 1.165) is 19.4 Å². The summed E-state index contributed by atoms with van der Waals surface area (Å²) in [5.41, 5.74) is 1.24. The van der Waals surface area contributed by atoms with Crippen molar-refractivity contribution in [2.45, 2.75) is 30.6 Å². The number of aromatic nitrogens is 2. The Morgan fingerprint density at radius 3 is 2.70 bits per heavy atom. The molecule has 0 spiro atoms. The van der Waals surface area contributed by atoms with E-state index in [0.29, 0.717) is 28.2 Å². The fraction of sp³-hybridized carbons (Fsp3) is 0.286. The Balaban J connectivity index is 1.65. The first-order valence-electron chi connectivity index (χ1n) is 9.04. The van der Waals surface area contributed by atoms with Gasteiger partial charge in [-0.25, -0.2) is 4.98 Å². The summed E-state index contributed by atoms with van der Waals surface area (Å²) in [6, 6.07) is 16.5. The molecule has 1 saturated heterocycles. The van der Waals surface area contributed by atoms with Gasteiger partial charge < -0.3 is 4.74 Å². The fourth-order valence-corrected chi connectivity index (χ4v) is 4.15. The molecule has 1 atom stereocenters. The monoisotopic (exact) mass is 380 g/mol. The van der Waals surface area contributed by atoms with Crippen LogP contribution in [0.1, 0.15) is 23.2 Å². The smallest absolute Gasteiger partial charge is 0.262 e. The molecule has 2 aromatic carbocycles. The fourth-order valence-electron chi connectivity index (χ4n) is 3.25. The van der Waals surface area contributed by atoms with Crippen molar-refractivity contribution < 1.29 is 9.53 Å². The highest BCUT2D eigenvalue weighted by molar-refractivity contribution is 7.99. The number of thioether (sulfide) groups is 1. The molecule has 138 valence electrons. The average molecular weight is 380 g/mol. The zero-order valence-electron chi connectivity index (χ0n) is 14.8. The van der Waals surface area contributed by atoms with E-state index in [1.54, 1.807) is 22.8 Å². The second-order valence-corrected chi connectivity index (χ2v) is 7.48. The number of nitrogens with zero attached hydrogens (tertiary/aromatic N) is 2. The van der Waals surface area contributed by atoms with Gasteiger partial charge >= 0.3 is 0 Å². The zero-order valence-corrected chi connectivity index (χ0v) is 15.7. The van der Waals surface area contributed by atoms with Crippen LogP contribution in [0.3, 0.4) is 0 Å². The van der Waals surface area contributed by atoms with E-state index in [2.05, 4.69) is 4.98 Å². The lowest BCUT2D eigenvalue weighted by Crippen LogP contribution is -2.29. The molecule has 6 heteroatoms. The van der Waals surface area contributed by atoms with E-state index in [4.69, 9.17) is 4.74 Å². The minimum absolute atomic E-state index is 0.0201. The molecular formula is C21H20N2O3S. The third-order valence-electron chi connectivity index (χ3n) is 4.66. The van der Waals surface area contributed by atoms with Crippen LogP contribution in [0, 0.1) is 0 Å². The Morgan fingerprint density at radius 2 is 1.93 bits per heavy atom. The second kappa shape index (κ2) is 8.06. The standard InChI is InChI=1S/C21H20N2O3S/c24-19(15-7-2-1-3-8-15)14-27-21-22-18-11-5-4-10-17(18)20(25)23(21)13-16-9-6-12-26-16/h1-5,7-8,10-11,16H,6,9,12-14H2. The number of fused-ring (bicyclic) bond motifs is 1. The van der Waals surface area contributed by atoms with Crippen molar-refractivity contribution in [3.8, 4) is 0 Å². The van der Waals surface area contributed by atoms with Crippen LogP contribution in [0.2, 0.25) is 0 Å². The Morgan fingerprint density at radius 1 is 1.15 bits per heavy atom. The van der Waals surface area contributed by atoms with Crippen molar-refractivity contribution in [2.24, 2.45) is 0 Å². The summed E-state index contributed by atoms with van der Waals surface area (Å²) in [5, 5.41) is 1.16. The second-order valence-electron chi connectivity index (χ2n) is 6.54. The van der Waals surface area contributed by atoms with E-state index in [-0.39, 0.29) is 23.2 Å². The molecule has 1 aliphatic heterocycles. The molecule has 27 heavy (non-hydrogen) atoms.